The molecule has 9 heteroatoms. The molecule has 0 aliphatic rings. The maximum Gasteiger partial charge on any atom is 0.472 e. The number of unbranched alkanes of at least 4 members (excludes halogenated alkanes) is 21. The number of carbonyl (C=O) groups is 1. The smallest absolute Gasteiger partial charge is 0.387 e. The number of phosphoric ester groups is 1. The summed E-state index contributed by atoms with van der Waals surface area (Å²) < 4.78 is 22.0. The topological polar surface area (TPSA) is 131 Å². The van der Waals surface area contributed by atoms with Crippen molar-refractivity contribution in [1.29, 1.82) is 0 Å². The maximum atomic E-state index is 12.7. The quantitative estimate of drug-likeness (QED) is 0.0286. The van der Waals surface area contributed by atoms with Crippen LogP contribution in [-0.4, -0.2) is 47.8 Å². The average Bonchev–Trinajstić information content (AvgIpc) is 3.09. The summed E-state index contributed by atoms with van der Waals surface area (Å²) in [7, 11) is -4.34. The molecule has 288 valence electrons. The van der Waals surface area contributed by atoms with E-state index in [0.717, 1.165) is 44.9 Å². The number of aliphatic hydroxyl groups is 1. The third kappa shape index (κ3) is 34.9. The Morgan fingerprint density at radius 1 is 0.653 bits per heavy atom. The second-order valence-corrected chi connectivity index (χ2v) is 14.9. The van der Waals surface area contributed by atoms with Gasteiger partial charge in [0, 0.05) is 13.0 Å². The number of hydrogen-bond donors (Lipinski definition) is 4. The van der Waals surface area contributed by atoms with Crippen LogP contribution in [0.4, 0.5) is 0 Å². The monoisotopic (exact) mass is 713 g/mol. The van der Waals surface area contributed by atoms with Crippen LogP contribution in [0, 0.1) is 0 Å². The highest BCUT2D eigenvalue weighted by atomic mass is 31.2. The van der Waals surface area contributed by atoms with Gasteiger partial charge in [0.1, 0.15) is 0 Å². The zero-order valence-electron chi connectivity index (χ0n) is 31.7. The van der Waals surface area contributed by atoms with Gasteiger partial charge >= 0.3 is 7.82 Å². The number of allylic oxidation sites excluding steroid dienone is 5. The predicted molar refractivity (Wildman–Crippen MR) is 208 cm³/mol. The molecular weight excluding hydrogens is 635 g/mol. The lowest BCUT2D eigenvalue weighted by Gasteiger charge is -2.23. The van der Waals surface area contributed by atoms with Crippen LogP contribution < -0.4 is 11.1 Å². The Morgan fingerprint density at radius 2 is 1.08 bits per heavy atom. The molecule has 3 atom stereocenters. The molecule has 0 aromatic rings. The number of rotatable bonds is 37. The minimum absolute atomic E-state index is 0.0725. The molecular formula is C40H77N2O6P. The Balaban J connectivity index is 4.34. The van der Waals surface area contributed by atoms with Gasteiger partial charge in [-0.15, -0.1) is 0 Å². The summed E-state index contributed by atoms with van der Waals surface area (Å²) in [6.07, 6.45) is 41.9. The van der Waals surface area contributed by atoms with E-state index in [1.807, 2.05) is 6.08 Å². The molecule has 0 aromatic heterocycles. The minimum Gasteiger partial charge on any atom is -0.387 e. The van der Waals surface area contributed by atoms with Crippen LogP contribution in [0.3, 0.4) is 0 Å². The molecule has 0 heterocycles. The Kier molecular flexibility index (Phi) is 35.6. The van der Waals surface area contributed by atoms with Crippen LogP contribution in [0.25, 0.3) is 0 Å². The van der Waals surface area contributed by atoms with E-state index in [1.54, 1.807) is 6.08 Å². The van der Waals surface area contributed by atoms with Crippen molar-refractivity contribution in [3.8, 4) is 0 Å². The third-order valence-electron chi connectivity index (χ3n) is 8.70. The van der Waals surface area contributed by atoms with Gasteiger partial charge in [-0.1, -0.05) is 166 Å². The third-order valence-corrected chi connectivity index (χ3v) is 9.68. The first-order valence-corrected chi connectivity index (χ1v) is 21.6. The van der Waals surface area contributed by atoms with Crippen molar-refractivity contribution in [3.05, 3.63) is 36.5 Å². The van der Waals surface area contributed by atoms with Crippen LogP contribution >= 0.6 is 7.82 Å². The van der Waals surface area contributed by atoms with E-state index in [0.29, 0.717) is 6.42 Å². The predicted octanol–water partition coefficient (Wildman–Crippen LogP) is 10.8. The number of nitrogens with two attached hydrogens (primary N) is 1. The van der Waals surface area contributed by atoms with Crippen molar-refractivity contribution >= 4 is 13.7 Å². The van der Waals surface area contributed by atoms with Gasteiger partial charge in [0.05, 0.1) is 25.4 Å². The molecule has 0 radical (unpaired) electrons. The number of hydrogen-bond acceptors (Lipinski definition) is 6. The standard InChI is InChI=1S/C40H77N2O6P/c1-3-5-7-9-11-13-15-17-19-21-23-25-27-29-31-33-39(43)38(37-48-49(45,46)47-36-35-41)42-40(44)34-32-30-28-26-24-22-20-18-16-14-12-10-8-6-4-2/h15,17,23,25,31,33,38-39,43H,3-14,16,18-22,24,26-30,32,34-37,41H2,1-2H3,(H,42,44)(H,45,46)/b17-15+,25-23+,33-31+. The summed E-state index contributed by atoms with van der Waals surface area (Å²) in [6.45, 7) is 4.08. The van der Waals surface area contributed by atoms with Crippen LogP contribution in [0.1, 0.15) is 181 Å². The fraction of sp³-hybridized carbons (Fsp3) is 0.825. The van der Waals surface area contributed by atoms with E-state index in [9.17, 15) is 19.4 Å². The summed E-state index contributed by atoms with van der Waals surface area (Å²) in [5, 5.41) is 13.6. The van der Waals surface area contributed by atoms with Gasteiger partial charge in [-0.25, -0.2) is 4.57 Å². The molecule has 0 fully saturated rings. The van der Waals surface area contributed by atoms with E-state index in [2.05, 4.69) is 43.5 Å². The molecule has 0 rings (SSSR count). The molecule has 5 N–H and O–H groups in total. The normalized spacial score (nSPS) is 14.6. The largest absolute Gasteiger partial charge is 0.472 e. The second kappa shape index (κ2) is 36.5. The molecule has 3 unspecified atom stereocenters. The Bertz CT molecular complexity index is 866. The summed E-state index contributed by atoms with van der Waals surface area (Å²) in [4.78, 5) is 22.6. The van der Waals surface area contributed by atoms with Crippen molar-refractivity contribution in [1.82, 2.24) is 5.32 Å². The van der Waals surface area contributed by atoms with E-state index in [1.165, 1.54) is 116 Å². The highest BCUT2D eigenvalue weighted by molar-refractivity contribution is 7.47. The number of phosphoric acid groups is 1. The zero-order chi connectivity index (χ0) is 36.1. The average molecular weight is 713 g/mol. The Morgan fingerprint density at radius 3 is 1.57 bits per heavy atom. The van der Waals surface area contributed by atoms with Crippen LogP contribution in [0.15, 0.2) is 36.5 Å². The molecule has 0 spiro atoms. The van der Waals surface area contributed by atoms with Crippen molar-refractivity contribution in [2.75, 3.05) is 19.8 Å². The fourth-order valence-electron chi connectivity index (χ4n) is 5.63. The molecule has 8 nitrogen and oxygen atoms in total. The summed E-state index contributed by atoms with van der Waals surface area (Å²) >= 11 is 0. The molecule has 0 saturated carbocycles. The van der Waals surface area contributed by atoms with Gasteiger partial charge in [-0.2, -0.15) is 0 Å². The molecule has 0 saturated heterocycles. The van der Waals surface area contributed by atoms with Crippen LogP contribution in [-0.2, 0) is 18.4 Å². The van der Waals surface area contributed by atoms with Gasteiger partial charge in [-0.3, -0.25) is 13.8 Å². The maximum absolute atomic E-state index is 12.7. The SMILES string of the molecule is CCCCCCC/C=C/CC/C=C/CC/C=C/C(O)C(COP(=O)(O)OCCN)NC(=O)CCCCCCCCCCCCCCCCC. The lowest BCUT2D eigenvalue weighted by molar-refractivity contribution is -0.123. The second-order valence-electron chi connectivity index (χ2n) is 13.5. The Hall–Kier alpha value is -1.28. The van der Waals surface area contributed by atoms with E-state index in [4.69, 9.17) is 14.8 Å². The molecule has 0 aliphatic carbocycles. The van der Waals surface area contributed by atoms with Crippen LogP contribution in [0.5, 0.6) is 0 Å². The van der Waals surface area contributed by atoms with Crippen molar-refractivity contribution in [2.24, 2.45) is 5.73 Å². The fourth-order valence-corrected chi connectivity index (χ4v) is 6.39. The molecule has 0 aromatic carbocycles. The van der Waals surface area contributed by atoms with Crippen molar-refractivity contribution in [2.45, 2.75) is 193 Å². The van der Waals surface area contributed by atoms with Crippen molar-refractivity contribution in [3.63, 3.8) is 0 Å². The molecule has 0 bridgehead atoms. The van der Waals surface area contributed by atoms with Gasteiger partial charge in [-0.05, 0) is 44.9 Å². The lowest BCUT2D eigenvalue weighted by Crippen LogP contribution is -2.45. The van der Waals surface area contributed by atoms with E-state index in [-0.39, 0.29) is 25.7 Å². The van der Waals surface area contributed by atoms with Crippen molar-refractivity contribution < 1.29 is 28.4 Å². The lowest BCUT2D eigenvalue weighted by atomic mass is 10.0. The van der Waals surface area contributed by atoms with Gasteiger partial charge in [0.25, 0.3) is 0 Å². The Labute approximate surface area is 301 Å². The first kappa shape index (κ1) is 47.7. The highest BCUT2D eigenvalue weighted by Crippen LogP contribution is 2.43. The first-order valence-electron chi connectivity index (χ1n) is 20.1. The van der Waals surface area contributed by atoms with E-state index < -0.39 is 20.0 Å². The first-order chi connectivity index (χ1) is 23.9. The van der Waals surface area contributed by atoms with Crippen LogP contribution in [0.2, 0.25) is 0 Å². The van der Waals surface area contributed by atoms with Gasteiger partial charge < -0.3 is 21.1 Å². The molecule has 49 heavy (non-hydrogen) atoms. The summed E-state index contributed by atoms with van der Waals surface area (Å²) in [6, 6.07) is -0.879. The summed E-state index contributed by atoms with van der Waals surface area (Å²) in [5.41, 5.74) is 5.36. The van der Waals surface area contributed by atoms with E-state index >= 15 is 0 Å². The molecule has 1 amide bonds. The highest BCUT2D eigenvalue weighted by Gasteiger charge is 2.26. The number of nitrogens with one attached hydrogen (secondary N) is 1. The minimum atomic E-state index is -4.34. The van der Waals surface area contributed by atoms with Gasteiger partial charge in [0.15, 0.2) is 0 Å². The number of carbonyl (C=O) groups excluding carboxylic acids is 1. The number of amides is 1. The van der Waals surface area contributed by atoms with Gasteiger partial charge in [0.2, 0.25) is 5.91 Å². The zero-order valence-corrected chi connectivity index (χ0v) is 32.6. The number of aliphatic hydroxyl groups excluding tert-OH is 1. The molecule has 0 aliphatic heterocycles. The summed E-state index contributed by atoms with van der Waals surface area (Å²) in [5.74, 6) is -0.208.